The average molecular weight is 248 g/mol. The fourth-order valence-electron chi connectivity index (χ4n) is 2.71. The topological polar surface area (TPSA) is 41.0 Å². The second kappa shape index (κ2) is 6.81. The summed E-state index contributed by atoms with van der Waals surface area (Å²) in [5, 5.41) is 3.54. The fraction of sp³-hybridized carbons (Fsp3) is 0.714. The zero-order chi connectivity index (χ0) is 12.8. The van der Waals surface area contributed by atoms with Crippen LogP contribution in [-0.4, -0.2) is 40.5 Å². The largest absolute Gasteiger partial charge is 0.314 e. The molecule has 1 aromatic rings. The van der Waals surface area contributed by atoms with Crippen LogP contribution in [0.1, 0.15) is 32.5 Å². The van der Waals surface area contributed by atoms with Gasteiger partial charge in [0.2, 0.25) is 0 Å². The van der Waals surface area contributed by atoms with E-state index < -0.39 is 0 Å². The summed E-state index contributed by atoms with van der Waals surface area (Å²) < 4.78 is 0. The second-order valence-electron chi connectivity index (χ2n) is 5.12. The van der Waals surface area contributed by atoms with E-state index in [0.717, 1.165) is 24.8 Å². The van der Waals surface area contributed by atoms with Crippen LogP contribution in [0.25, 0.3) is 0 Å². The van der Waals surface area contributed by atoms with E-state index in [4.69, 9.17) is 0 Å². The Labute approximate surface area is 110 Å². The van der Waals surface area contributed by atoms with Gasteiger partial charge in [-0.1, -0.05) is 6.92 Å². The molecule has 1 unspecified atom stereocenters. The van der Waals surface area contributed by atoms with Gasteiger partial charge in [0.05, 0.1) is 6.54 Å². The van der Waals surface area contributed by atoms with Crippen LogP contribution in [0.2, 0.25) is 0 Å². The molecule has 1 aliphatic heterocycles. The van der Waals surface area contributed by atoms with Crippen LogP contribution in [-0.2, 0) is 6.54 Å². The minimum absolute atomic E-state index is 0.644. The summed E-state index contributed by atoms with van der Waals surface area (Å²) in [6.07, 6.45) is 6.20. The lowest BCUT2D eigenvalue weighted by molar-refractivity contribution is 0.154. The van der Waals surface area contributed by atoms with Crippen molar-refractivity contribution in [2.24, 2.45) is 5.92 Å². The van der Waals surface area contributed by atoms with Crippen LogP contribution in [0.4, 0.5) is 0 Å². The second-order valence-corrected chi connectivity index (χ2v) is 5.12. The quantitative estimate of drug-likeness (QED) is 0.861. The number of piperidine rings is 1. The van der Waals surface area contributed by atoms with Crippen molar-refractivity contribution < 1.29 is 0 Å². The van der Waals surface area contributed by atoms with Gasteiger partial charge in [-0.3, -0.25) is 4.90 Å². The van der Waals surface area contributed by atoms with Crippen molar-refractivity contribution in [2.45, 2.75) is 39.3 Å². The first-order chi connectivity index (χ1) is 8.79. The van der Waals surface area contributed by atoms with Crippen molar-refractivity contribution in [1.82, 2.24) is 20.2 Å². The molecule has 1 saturated heterocycles. The summed E-state index contributed by atoms with van der Waals surface area (Å²) in [7, 11) is 0. The Hall–Kier alpha value is -1.00. The highest BCUT2D eigenvalue weighted by Crippen LogP contribution is 2.21. The zero-order valence-electron chi connectivity index (χ0n) is 11.5. The predicted molar refractivity (Wildman–Crippen MR) is 73.2 cm³/mol. The van der Waals surface area contributed by atoms with Crippen molar-refractivity contribution in [3.8, 4) is 0 Å². The van der Waals surface area contributed by atoms with Gasteiger partial charge < -0.3 is 5.32 Å². The molecule has 100 valence electrons. The molecule has 1 aliphatic rings. The molecule has 4 nitrogen and oxygen atoms in total. The van der Waals surface area contributed by atoms with E-state index in [1.165, 1.54) is 25.9 Å². The van der Waals surface area contributed by atoms with Gasteiger partial charge in [0.1, 0.15) is 5.82 Å². The van der Waals surface area contributed by atoms with E-state index in [0.29, 0.717) is 6.04 Å². The highest BCUT2D eigenvalue weighted by Gasteiger charge is 2.23. The molecule has 0 amide bonds. The van der Waals surface area contributed by atoms with Gasteiger partial charge in [0.25, 0.3) is 0 Å². The van der Waals surface area contributed by atoms with Crippen LogP contribution in [0.3, 0.4) is 0 Å². The van der Waals surface area contributed by atoms with Crippen LogP contribution >= 0.6 is 0 Å². The summed E-state index contributed by atoms with van der Waals surface area (Å²) in [6, 6.07) is 2.51. The Bertz CT molecular complexity index is 333. The number of aromatic nitrogens is 2. The molecular formula is C14H24N4. The standard InChI is InChI=1S/C14H24N4/c1-3-15-12(2)13-5-9-18(10-6-13)11-14-16-7-4-8-17-14/h4,7-8,12-13,15H,3,5-6,9-11H2,1-2H3. The molecule has 18 heavy (non-hydrogen) atoms. The molecule has 0 aliphatic carbocycles. The molecule has 1 aromatic heterocycles. The van der Waals surface area contributed by atoms with Crippen LogP contribution in [0.5, 0.6) is 0 Å². The number of hydrogen-bond acceptors (Lipinski definition) is 4. The molecule has 1 fully saturated rings. The number of nitrogens with one attached hydrogen (secondary N) is 1. The van der Waals surface area contributed by atoms with E-state index in [-0.39, 0.29) is 0 Å². The normalized spacial score (nSPS) is 19.9. The van der Waals surface area contributed by atoms with Gasteiger partial charge in [0, 0.05) is 18.4 Å². The van der Waals surface area contributed by atoms with E-state index in [2.05, 4.69) is 34.0 Å². The number of rotatable bonds is 5. The summed E-state index contributed by atoms with van der Waals surface area (Å²) in [5.41, 5.74) is 0. The van der Waals surface area contributed by atoms with Gasteiger partial charge in [-0.05, 0) is 51.4 Å². The SMILES string of the molecule is CCNC(C)C1CCN(Cc2ncccn2)CC1. The first-order valence-electron chi connectivity index (χ1n) is 7.01. The molecule has 2 rings (SSSR count). The molecular weight excluding hydrogens is 224 g/mol. The summed E-state index contributed by atoms with van der Waals surface area (Å²) in [6.45, 7) is 8.78. The number of hydrogen-bond donors (Lipinski definition) is 1. The molecule has 0 aromatic carbocycles. The van der Waals surface area contributed by atoms with Crippen molar-refractivity contribution in [3.63, 3.8) is 0 Å². The maximum absolute atomic E-state index is 4.29. The molecule has 0 spiro atoms. The Morgan fingerprint density at radius 1 is 1.33 bits per heavy atom. The van der Waals surface area contributed by atoms with Crippen LogP contribution in [0.15, 0.2) is 18.5 Å². The molecule has 2 heterocycles. The Morgan fingerprint density at radius 2 is 2.00 bits per heavy atom. The van der Waals surface area contributed by atoms with Gasteiger partial charge in [-0.25, -0.2) is 9.97 Å². The molecule has 0 bridgehead atoms. The van der Waals surface area contributed by atoms with Crippen molar-refractivity contribution in [2.75, 3.05) is 19.6 Å². The first kappa shape index (κ1) is 13.4. The lowest BCUT2D eigenvalue weighted by Gasteiger charge is -2.34. The minimum atomic E-state index is 0.644. The Kier molecular flexibility index (Phi) is 5.08. The highest BCUT2D eigenvalue weighted by atomic mass is 15.1. The number of likely N-dealkylation sites (tertiary alicyclic amines) is 1. The zero-order valence-corrected chi connectivity index (χ0v) is 11.5. The van der Waals surface area contributed by atoms with Gasteiger partial charge >= 0.3 is 0 Å². The van der Waals surface area contributed by atoms with Gasteiger partial charge in [-0.2, -0.15) is 0 Å². The van der Waals surface area contributed by atoms with E-state index >= 15 is 0 Å². The monoisotopic (exact) mass is 248 g/mol. The van der Waals surface area contributed by atoms with Crippen molar-refractivity contribution in [3.05, 3.63) is 24.3 Å². The summed E-state index contributed by atoms with van der Waals surface area (Å²) in [5.74, 6) is 1.76. The summed E-state index contributed by atoms with van der Waals surface area (Å²) in [4.78, 5) is 11.0. The Morgan fingerprint density at radius 3 is 2.61 bits per heavy atom. The predicted octanol–water partition coefficient (Wildman–Crippen LogP) is 1.69. The smallest absolute Gasteiger partial charge is 0.142 e. The van der Waals surface area contributed by atoms with E-state index in [9.17, 15) is 0 Å². The van der Waals surface area contributed by atoms with Crippen molar-refractivity contribution >= 4 is 0 Å². The third-order valence-electron chi connectivity index (χ3n) is 3.85. The minimum Gasteiger partial charge on any atom is -0.314 e. The molecule has 0 radical (unpaired) electrons. The third-order valence-corrected chi connectivity index (χ3v) is 3.85. The lowest BCUT2D eigenvalue weighted by atomic mass is 9.90. The maximum Gasteiger partial charge on any atom is 0.142 e. The highest BCUT2D eigenvalue weighted by molar-refractivity contribution is 4.89. The van der Waals surface area contributed by atoms with Crippen molar-refractivity contribution in [1.29, 1.82) is 0 Å². The lowest BCUT2D eigenvalue weighted by Crippen LogP contribution is -2.41. The molecule has 0 saturated carbocycles. The van der Waals surface area contributed by atoms with Crippen LogP contribution < -0.4 is 5.32 Å². The molecule has 1 N–H and O–H groups in total. The fourth-order valence-corrected chi connectivity index (χ4v) is 2.71. The molecule has 1 atom stereocenters. The average Bonchev–Trinajstić information content (AvgIpc) is 2.41. The van der Waals surface area contributed by atoms with Gasteiger partial charge in [-0.15, -0.1) is 0 Å². The van der Waals surface area contributed by atoms with Gasteiger partial charge in [0.15, 0.2) is 0 Å². The summed E-state index contributed by atoms with van der Waals surface area (Å²) >= 11 is 0. The Balaban J connectivity index is 1.77. The maximum atomic E-state index is 4.29. The van der Waals surface area contributed by atoms with E-state index in [1.807, 2.05) is 18.5 Å². The van der Waals surface area contributed by atoms with E-state index in [1.54, 1.807) is 0 Å². The molecule has 4 heteroatoms. The number of nitrogens with zero attached hydrogens (tertiary/aromatic N) is 3. The third kappa shape index (κ3) is 3.75. The first-order valence-corrected chi connectivity index (χ1v) is 7.01. The van der Waals surface area contributed by atoms with Crippen LogP contribution in [0, 0.1) is 5.92 Å².